The molecule has 224 valence electrons. The molecular weight excluding hydrogens is 661 g/mol. The molecule has 0 aliphatic carbocycles. The topological polar surface area (TPSA) is 110 Å². The average molecular weight is 676 g/mol. The summed E-state index contributed by atoms with van der Waals surface area (Å²) >= 11 is 7.87. The van der Waals surface area contributed by atoms with E-state index in [1.54, 1.807) is 0 Å². The first kappa shape index (κ1) is 32.2. The molecule has 2 amide bonds. The summed E-state index contributed by atoms with van der Waals surface area (Å²) in [6.07, 6.45) is -8.85. The van der Waals surface area contributed by atoms with Crippen molar-refractivity contribution in [3.8, 4) is 17.2 Å². The van der Waals surface area contributed by atoms with Crippen molar-refractivity contribution in [2.24, 2.45) is 0 Å². The van der Waals surface area contributed by atoms with Crippen molar-refractivity contribution < 1.29 is 45.8 Å². The van der Waals surface area contributed by atoms with E-state index in [9.17, 15) is 51.1 Å². The molecule has 1 saturated heterocycles. The van der Waals surface area contributed by atoms with E-state index in [1.165, 1.54) is 24.4 Å². The number of nitrogens with zero attached hydrogens (tertiary/aromatic N) is 2. The van der Waals surface area contributed by atoms with Gasteiger partial charge in [-0.1, -0.05) is 24.0 Å². The summed E-state index contributed by atoms with van der Waals surface area (Å²) in [4.78, 5) is 38.4. The standard InChI is InChI=1S/C26H15F6N3O4S4/c1-11-17(9-33)21(43-20(11)23(38)39)34-19(36)2-3-35-22(37)18(42-24(35)40)8-16-6-13(10-41-16)12-4-14(25(27,28)29)7-15(5-12)26(30,31)32/h4-8,10H,2-3H2,1H3,(H,34,36)(H,38,39)/b18-8-. The van der Waals surface area contributed by atoms with Gasteiger partial charge in [0.1, 0.15) is 20.3 Å². The number of thiocarbonyl (C=S) groups is 1. The molecule has 0 unspecified atom stereocenters. The number of amides is 2. The fourth-order valence-corrected chi connectivity index (χ4v) is 7.10. The number of hydrogen-bond donors (Lipinski definition) is 2. The van der Waals surface area contributed by atoms with Crippen LogP contribution < -0.4 is 5.32 Å². The summed E-state index contributed by atoms with van der Waals surface area (Å²) < 4.78 is 79.7. The minimum atomic E-state index is -5.00. The molecule has 3 heterocycles. The average Bonchev–Trinajstić information content (AvgIpc) is 3.57. The number of hydrogen-bond acceptors (Lipinski definition) is 8. The third-order valence-corrected chi connectivity index (χ3v) is 9.41. The first-order valence-electron chi connectivity index (χ1n) is 11.7. The lowest BCUT2D eigenvalue weighted by molar-refractivity contribution is -0.143. The van der Waals surface area contributed by atoms with E-state index < -0.39 is 41.3 Å². The van der Waals surface area contributed by atoms with Gasteiger partial charge in [-0.25, -0.2) is 4.79 Å². The number of aromatic carboxylic acids is 1. The van der Waals surface area contributed by atoms with Gasteiger partial charge < -0.3 is 10.4 Å². The number of anilines is 1. The van der Waals surface area contributed by atoms with Crippen LogP contribution in [-0.2, 0) is 21.9 Å². The lowest BCUT2D eigenvalue weighted by Crippen LogP contribution is -2.31. The predicted molar refractivity (Wildman–Crippen MR) is 154 cm³/mol. The molecule has 0 spiro atoms. The van der Waals surface area contributed by atoms with Crippen LogP contribution in [0.4, 0.5) is 31.3 Å². The fraction of sp³-hybridized carbons (Fsp3) is 0.192. The Balaban J connectivity index is 1.48. The van der Waals surface area contributed by atoms with Gasteiger partial charge in [-0.2, -0.15) is 31.6 Å². The van der Waals surface area contributed by atoms with E-state index in [1.807, 2.05) is 6.07 Å². The van der Waals surface area contributed by atoms with Gasteiger partial charge in [0.05, 0.1) is 21.6 Å². The minimum absolute atomic E-state index is 0.0133. The highest BCUT2D eigenvalue weighted by atomic mass is 32.2. The summed E-state index contributed by atoms with van der Waals surface area (Å²) in [5.41, 5.74) is -2.88. The number of thioether (sulfide) groups is 1. The number of carbonyl (C=O) groups is 3. The molecule has 0 radical (unpaired) electrons. The summed E-state index contributed by atoms with van der Waals surface area (Å²) in [5, 5.41) is 22.5. The van der Waals surface area contributed by atoms with Gasteiger partial charge in [-0.15, -0.1) is 22.7 Å². The molecular formula is C26H15F6N3O4S4. The number of thiophene rings is 2. The molecule has 7 nitrogen and oxygen atoms in total. The third kappa shape index (κ3) is 7.09. The Labute approximate surface area is 256 Å². The minimum Gasteiger partial charge on any atom is -0.477 e. The Kier molecular flexibility index (Phi) is 9.07. The number of carboxylic acids is 1. The third-order valence-electron chi connectivity index (χ3n) is 5.96. The number of carboxylic acid groups (broad SMARTS) is 1. The van der Waals surface area contributed by atoms with Crippen molar-refractivity contribution in [2.75, 3.05) is 11.9 Å². The molecule has 0 bridgehead atoms. The molecule has 1 aliphatic heterocycles. The number of alkyl halides is 6. The van der Waals surface area contributed by atoms with E-state index in [0.717, 1.165) is 39.3 Å². The van der Waals surface area contributed by atoms with E-state index in [4.69, 9.17) is 12.2 Å². The van der Waals surface area contributed by atoms with Crippen molar-refractivity contribution in [3.63, 3.8) is 0 Å². The van der Waals surface area contributed by atoms with Crippen LogP contribution in [-0.4, -0.2) is 38.7 Å². The first-order chi connectivity index (χ1) is 20.0. The lowest BCUT2D eigenvalue weighted by Gasteiger charge is -2.14. The SMILES string of the molecule is Cc1c(C(=O)O)sc(NC(=O)CCN2C(=O)/C(=C/c3cc(-c4cc(C(F)(F)F)cc(C(F)(F)F)c4)cs3)SC2=S)c1C#N. The zero-order chi connectivity index (χ0) is 31.9. The Morgan fingerprint density at radius 1 is 1.09 bits per heavy atom. The second-order valence-corrected chi connectivity index (χ2v) is 12.5. The van der Waals surface area contributed by atoms with Crippen LogP contribution in [0.25, 0.3) is 17.2 Å². The first-order valence-corrected chi connectivity index (χ1v) is 14.6. The van der Waals surface area contributed by atoms with Crippen LogP contribution in [0.3, 0.4) is 0 Å². The Morgan fingerprint density at radius 2 is 1.72 bits per heavy atom. The fourth-order valence-electron chi connectivity index (χ4n) is 3.87. The van der Waals surface area contributed by atoms with E-state index >= 15 is 0 Å². The number of rotatable bonds is 7. The molecule has 1 aliphatic rings. The van der Waals surface area contributed by atoms with Gasteiger partial charge in [0.15, 0.2) is 0 Å². The Bertz CT molecular complexity index is 1700. The Hall–Kier alpha value is -3.72. The molecule has 0 saturated carbocycles. The predicted octanol–water partition coefficient (Wildman–Crippen LogP) is 7.62. The maximum absolute atomic E-state index is 13.3. The highest BCUT2D eigenvalue weighted by Crippen LogP contribution is 2.40. The summed E-state index contributed by atoms with van der Waals surface area (Å²) in [5.74, 6) is -2.41. The number of nitriles is 1. The molecule has 2 N–H and O–H groups in total. The van der Waals surface area contributed by atoms with Gasteiger partial charge in [0.2, 0.25) is 5.91 Å². The highest BCUT2D eigenvalue weighted by Gasteiger charge is 2.37. The quantitative estimate of drug-likeness (QED) is 0.151. The van der Waals surface area contributed by atoms with Crippen LogP contribution in [0.2, 0.25) is 0 Å². The lowest BCUT2D eigenvalue weighted by atomic mass is 10.0. The van der Waals surface area contributed by atoms with Crippen molar-refractivity contribution in [2.45, 2.75) is 25.7 Å². The molecule has 3 aromatic rings. The van der Waals surface area contributed by atoms with Gasteiger partial charge >= 0.3 is 18.3 Å². The van der Waals surface area contributed by atoms with E-state index in [2.05, 4.69) is 5.32 Å². The number of nitrogens with one attached hydrogen (secondary N) is 1. The number of benzene rings is 1. The van der Waals surface area contributed by atoms with Crippen molar-refractivity contribution >= 4 is 79.8 Å². The van der Waals surface area contributed by atoms with Gasteiger partial charge in [-0.05, 0) is 59.3 Å². The van der Waals surface area contributed by atoms with Gasteiger partial charge in [0, 0.05) is 17.8 Å². The van der Waals surface area contributed by atoms with Crippen molar-refractivity contribution in [1.29, 1.82) is 5.26 Å². The molecule has 1 fully saturated rings. The van der Waals surface area contributed by atoms with Crippen LogP contribution >= 0.6 is 46.7 Å². The zero-order valence-electron chi connectivity index (χ0n) is 21.3. The number of halogens is 6. The summed E-state index contributed by atoms with van der Waals surface area (Å²) in [6.45, 7) is 1.29. The molecule has 17 heteroatoms. The highest BCUT2D eigenvalue weighted by molar-refractivity contribution is 8.26. The van der Waals surface area contributed by atoms with Crippen molar-refractivity contribution in [1.82, 2.24) is 4.90 Å². The summed E-state index contributed by atoms with van der Waals surface area (Å²) in [7, 11) is 0. The summed E-state index contributed by atoms with van der Waals surface area (Å²) in [6, 6.07) is 4.48. The van der Waals surface area contributed by atoms with Crippen molar-refractivity contribution in [3.05, 3.63) is 66.6 Å². The number of carbonyl (C=O) groups excluding carboxylic acids is 2. The van der Waals surface area contributed by atoms with Crippen LogP contribution in [0.1, 0.15) is 43.2 Å². The van der Waals surface area contributed by atoms with Crippen LogP contribution in [0.15, 0.2) is 34.6 Å². The maximum Gasteiger partial charge on any atom is 0.416 e. The molecule has 43 heavy (non-hydrogen) atoms. The second kappa shape index (κ2) is 12.1. The zero-order valence-corrected chi connectivity index (χ0v) is 24.6. The molecule has 2 aromatic heterocycles. The Morgan fingerprint density at radius 3 is 2.28 bits per heavy atom. The smallest absolute Gasteiger partial charge is 0.416 e. The van der Waals surface area contributed by atoms with Crippen LogP contribution in [0, 0.1) is 18.3 Å². The maximum atomic E-state index is 13.3. The normalized spacial score (nSPS) is 14.8. The van der Waals surface area contributed by atoms with Crippen LogP contribution in [0.5, 0.6) is 0 Å². The molecule has 4 rings (SSSR count). The van der Waals surface area contributed by atoms with E-state index in [-0.39, 0.29) is 60.4 Å². The monoisotopic (exact) mass is 675 g/mol. The van der Waals surface area contributed by atoms with Gasteiger partial charge in [0.25, 0.3) is 5.91 Å². The van der Waals surface area contributed by atoms with Gasteiger partial charge in [-0.3, -0.25) is 14.5 Å². The van der Waals surface area contributed by atoms with E-state index in [0.29, 0.717) is 17.0 Å². The molecule has 1 aromatic carbocycles. The largest absolute Gasteiger partial charge is 0.477 e. The molecule has 0 atom stereocenters. The second-order valence-electron chi connectivity index (χ2n) is 8.84.